The lowest BCUT2D eigenvalue weighted by molar-refractivity contribution is 0.101. The number of ketones is 1. The van der Waals surface area contributed by atoms with Crippen LogP contribution in [-0.2, 0) is 0 Å². The molecular weight excluding hydrogens is 371 g/mol. The van der Waals surface area contributed by atoms with Crippen LogP contribution in [0.1, 0.15) is 17.3 Å². The fraction of sp³-hybridized carbons (Fsp3) is 0.238. The van der Waals surface area contributed by atoms with E-state index < -0.39 is 0 Å². The summed E-state index contributed by atoms with van der Waals surface area (Å²) in [7, 11) is 0. The number of piperazine rings is 1. The van der Waals surface area contributed by atoms with Crippen molar-refractivity contribution in [2.24, 2.45) is 0 Å². The van der Waals surface area contributed by atoms with Gasteiger partial charge in [-0.1, -0.05) is 24.3 Å². The molecule has 4 rings (SSSR count). The Bertz CT molecular complexity index is 1020. The van der Waals surface area contributed by atoms with Crippen molar-refractivity contribution in [1.82, 2.24) is 15.2 Å². The topological polar surface area (TPSA) is 74.2 Å². The molecule has 0 saturated carbocycles. The zero-order valence-electron chi connectivity index (χ0n) is 16.0. The third-order valence-corrected chi connectivity index (χ3v) is 4.87. The highest BCUT2D eigenvalue weighted by molar-refractivity contribution is 5.95. The van der Waals surface area contributed by atoms with Gasteiger partial charge in [0.05, 0.1) is 11.9 Å². The number of hydrogen-bond donors (Lipinski definition) is 1. The molecule has 0 radical (unpaired) electrons. The molecule has 8 heteroatoms. The quantitative estimate of drug-likeness (QED) is 0.668. The van der Waals surface area contributed by atoms with E-state index in [1.54, 1.807) is 36.5 Å². The van der Waals surface area contributed by atoms with Crippen molar-refractivity contribution < 1.29 is 9.18 Å². The molecule has 0 atom stereocenters. The third kappa shape index (κ3) is 4.31. The fourth-order valence-electron chi connectivity index (χ4n) is 3.33. The maximum atomic E-state index is 14.0. The largest absolute Gasteiger partial charge is 0.366 e. The molecule has 0 spiro atoms. The number of nitrogens with one attached hydrogen (secondary N) is 1. The monoisotopic (exact) mass is 392 g/mol. The summed E-state index contributed by atoms with van der Waals surface area (Å²) in [5, 5.41) is 11.2. The first-order valence-corrected chi connectivity index (χ1v) is 9.42. The molecule has 1 saturated heterocycles. The minimum Gasteiger partial charge on any atom is -0.366 e. The number of carbonyl (C=O) groups is 1. The first kappa shape index (κ1) is 18.8. The van der Waals surface area contributed by atoms with Gasteiger partial charge >= 0.3 is 0 Å². The lowest BCUT2D eigenvalue weighted by Gasteiger charge is -2.36. The molecule has 1 aromatic heterocycles. The third-order valence-electron chi connectivity index (χ3n) is 4.87. The van der Waals surface area contributed by atoms with Gasteiger partial charge in [-0.15, -0.1) is 5.10 Å². The van der Waals surface area contributed by atoms with Crippen LogP contribution in [0, 0.1) is 5.82 Å². The van der Waals surface area contributed by atoms with Crippen LogP contribution < -0.4 is 15.1 Å². The predicted octanol–water partition coefficient (Wildman–Crippen LogP) is 3.28. The lowest BCUT2D eigenvalue weighted by atomic mass is 10.1. The van der Waals surface area contributed by atoms with E-state index in [1.165, 1.54) is 13.0 Å². The SMILES string of the molecule is CC(=O)c1cccc(Nc2nncc(N3CCN(c4ccccc4F)CC3)n2)c1. The number of halogens is 1. The zero-order chi connectivity index (χ0) is 20.2. The minimum absolute atomic E-state index is 0.00540. The Hall–Kier alpha value is -3.55. The van der Waals surface area contributed by atoms with Gasteiger partial charge < -0.3 is 15.1 Å². The number of para-hydroxylation sites is 1. The van der Waals surface area contributed by atoms with Crippen LogP contribution in [0.25, 0.3) is 0 Å². The number of benzene rings is 2. The minimum atomic E-state index is -0.205. The number of carbonyl (C=O) groups excluding carboxylic acids is 1. The van der Waals surface area contributed by atoms with Crippen LogP contribution in [0.5, 0.6) is 0 Å². The van der Waals surface area contributed by atoms with Crippen LogP contribution in [0.4, 0.5) is 27.5 Å². The molecule has 1 fully saturated rings. The molecule has 148 valence electrons. The fourth-order valence-corrected chi connectivity index (χ4v) is 3.33. The van der Waals surface area contributed by atoms with E-state index in [2.05, 4.69) is 25.4 Å². The van der Waals surface area contributed by atoms with E-state index in [-0.39, 0.29) is 11.6 Å². The van der Waals surface area contributed by atoms with Gasteiger partial charge in [0.2, 0.25) is 5.95 Å². The molecule has 1 aliphatic rings. The molecule has 0 aliphatic carbocycles. The van der Waals surface area contributed by atoms with Gasteiger partial charge in [-0.05, 0) is 31.2 Å². The molecule has 1 aliphatic heterocycles. The van der Waals surface area contributed by atoms with Crippen molar-refractivity contribution in [3.63, 3.8) is 0 Å². The van der Waals surface area contributed by atoms with Crippen molar-refractivity contribution in [1.29, 1.82) is 0 Å². The van der Waals surface area contributed by atoms with Crippen LogP contribution in [0.3, 0.4) is 0 Å². The number of nitrogens with zero attached hydrogens (tertiary/aromatic N) is 5. The van der Waals surface area contributed by atoms with Crippen LogP contribution in [0.15, 0.2) is 54.7 Å². The van der Waals surface area contributed by atoms with E-state index in [9.17, 15) is 9.18 Å². The van der Waals surface area contributed by atoms with Gasteiger partial charge in [-0.25, -0.2) is 4.39 Å². The summed E-state index contributed by atoms with van der Waals surface area (Å²) in [6, 6.07) is 14.0. The molecule has 0 bridgehead atoms. The Morgan fingerprint density at radius 1 is 1.03 bits per heavy atom. The maximum Gasteiger partial charge on any atom is 0.249 e. The summed E-state index contributed by atoms with van der Waals surface area (Å²) in [5.74, 6) is 0.858. The summed E-state index contributed by atoms with van der Waals surface area (Å²) < 4.78 is 14.0. The first-order valence-electron chi connectivity index (χ1n) is 9.42. The molecule has 0 amide bonds. The van der Waals surface area contributed by atoms with Crippen molar-refractivity contribution in [2.75, 3.05) is 41.3 Å². The number of aromatic nitrogens is 3. The van der Waals surface area contributed by atoms with Crippen molar-refractivity contribution in [3.05, 3.63) is 66.1 Å². The number of anilines is 4. The van der Waals surface area contributed by atoms with E-state index in [0.29, 0.717) is 49.2 Å². The molecule has 7 nitrogen and oxygen atoms in total. The second-order valence-corrected chi connectivity index (χ2v) is 6.83. The lowest BCUT2D eigenvalue weighted by Crippen LogP contribution is -2.47. The van der Waals surface area contributed by atoms with Crippen LogP contribution in [-0.4, -0.2) is 47.1 Å². The van der Waals surface area contributed by atoms with E-state index in [4.69, 9.17) is 0 Å². The summed E-state index contributed by atoms with van der Waals surface area (Å²) in [6.07, 6.45) is 1.62. The highest BCUT2D eigenvalue weighted by Crippen LogP contribution is 2.22. The van der Waals surface area contributed by atoms with E-state index in [1.807, 2.05) is 17.0 Å². The van der Waals surface area contributed by atoms with Gasteiger partial charge in [0.1, 0.15) is 5.82 Å². The molecular formula is C21H21FN6O. The summed E-state index contributed by atoms with van der Waals surface area (Å²) in [4.78, 5) is 20.2. The van der Waals surface area contributed by atoms with Crippen LogP contribution in [0.2, 0.25) is 0 Å². The summed E-state index contributed by atoms with van der Waals surface area (Å²) in [5.41, 5.74) is 1.96. The number of Topliss-reactive ketones (excluding diaryl/α,β-unsaturated/α-hetero) is 1. The van der Waals surface area contributed by atoms with Gasteiger partial charge in [0, 0.05) is 37.4 Å². The standard InChI is InChI=1S/C21H21FN6O/c1-15(29)16-5-4-6-17(13-16)24-21-25-20(14-23-26-21)28-11-9-27(10-12-28)19-8-3-2-7-18(19)22/h2-8,13-14H,9-12H2,1H3,(H,24,25,26). The van der Waals surface area contributed by atoms with Gasteiger partial charge in [0.15, 0.2) is 11.6 Å². The summed E-state index contributed by atoms with van der Waals surface area (Å²) in [6.45, 7) is 4.31. The Morgan fingerprint density at radius 2 is 1.79 bits per heavy atom. The van der Waals surface area contributed by atoms with Gasteiger partial charge in [-0.2, -0.15) is 10.1 Å². The smallest absolute Gasteiger partial charge is 0.249 e. The molecule has 29 heavy (non-hydrogen) atoms. The normalized spacial score (nSPS) is 14.0. The molecule has 0 unspecified atom stereocenters. The van der Waals surface area contributed by atoms with E-state index in [0.717, 1.165) is 5.69 Å². The predicted molar refractivity (Wildman–Crippen MR) is 110 cm³/mol. The van der Waals surface area contributed by atoms with Crippen LogP contribution >= 0.6 is 0 Å². The van der Waals surface area contributed by atoms with Gasteiger partial charge in [0.25, 0.3) is 0 Å². The Balaban J connectivity index is 1.44. The number of hydrogen-bond acceptors (Lipinski definition) is 7. The van der Waals surface area contributed by atoms with Crippen molar-refractivity contribution >= 4 is 28.9 Å². The highest BCUT2D eigenvalue weighted by atomic mass is 19.1. The van der Waals surface area contributed by atoms with Gasteiger partial charge in [-0.3, -0.25) is 4.79 Å². The first-order chi connectivity index (χ1) is 14.1. The summed E-state index contributed by atoms with van der Waals surface area (Å²) >= 11 is 0. The zero-order valence-corrected chi connectivity index (χ0v) is 16.0. The molecule has 3 aromatic rings. The second kappa shape index (κ2) is 8.22. The Morgan fingerprint density at radius 3 is 2.55 bits per heavy atom. The Kier molecular flexibility index (Phi) is 5.33. The molecule has 2 aromatic carbocycles. The molecule has 1 N–H and O–H groups in total. The van der Waals surface area contributed by atoms with Crippen molar-refractivity contribution in [3.8, 4) is 0 Å². The van der Waals surface area contributed by atoms with Crippen molar-refractivity contribution in [2.45, 2.75) is 6.92 Å². The second-order valence-electron chi connectivity index (χ2n) is 6.83. The Labute approximate surface area is 168 Å². The van der Waals surface area contributed by atoms with E-state index >= 15 is 0 Å². The maximum absolute atomic E-state index is 14.0. The molecule has 2 heterocycles. The highest BCUT2D eigenvalue weighted by Gasteiger charge is 2.21. The average Bonchev–Trinajstić information content (AvgIpc) is 2.75. The number of rotatable bonds is 5. The average molecular weight is 392 g/mol.